The Bertz CT molecular complexity index is 405. The molecule has 0 saturated heterocycles. The predicted octanol–water partition coefficient (Wildman–Crippen LogP) is -5.19. The van der Waals surface area contributed by atoms with E-state index in [0.717, 1.165) is 10.9 Å². The molecular formula is C5H8N3NaO5S. The molecule has 8 nitrogen and oxygen atoms in total. The average Bonchev–Trinajstić information content (AvgIpc) is 2.50. The van der Waals surface area contributed by atoms with Crippen LogP contribution in [0.25, 0.3) is 0 Å². The number of hydrogen-bond acceptors (Lipinski definition) is 7. The SMILES string of the molecule is O=S(=O)([O-])C(O)c1cn(CCO)nn1.[Na+]. The van der Waals surface area contributed by atoms with Crippen LogP contribution in [0.1, 0.15) is 11.1 Å². The summed E-state index contributed by atoms with van der Waals surface area (Å²) in [5, 5.41) is 24.1. The third-order valence-electron chi connectivity index (χ3n) is 1.41. The molecule has 10 heteroatoms. The van der Waals surface area contributed by atoms with E-state index in [0.29, 0.717) is 0 Å². The molecule has 1 heterocycles. The van der Waals surface area contributed by atoms with Crippen LogP contribution in [0.3, 0.4) is 0 Å². The number of aliphatic hydroxyl groups is 2. The first-order valence-corrected chi connectivity index (χ1v) is 5.06. The Morgan fingerprint density at radius 2 is 2.20 bits per heavy atom. The van der Waals surface area contributed by atoms with E-state index in [9.17, 15) is 13.0 Å². The van der Waals surface area contributed by atoms with Gasteiger partial charge in [0.1, 0.15) is 15.8 Å². The van der Waals surface area contributed by atoms with E-state index >= 15 is 0 Å². The molecule has 80 valence electrons. The molecule has 0 fully saturated rings. The average molecular weight is 245 g/mol. The monoisotopic (exact) mass is 245 g/mol. The van der Waals surface area contributed by atoms with Crippen molar-refractivity contribution in [2.24, 2.45) is 0 Å². The summed E-state index contributed by atoms with van der Waals surface area (Å²) in [5.74, 6) is 0. The van der Waals surface area contributed by atoms with Crippen LogP contribution in [-0.4, -0.2) is 44.8 Å². The van der Waals surface area contributed by atoms with Crippen LogP contribution in [0.5, 0.6) is 0 Å². The van der Waals surface area contributed by atoms with Gasteiger partial charge in [-0.3, -0.25) is 0 Å². The Morgan fingerprint density at radius 3 is 2.67 bits per heavy atom. The van der Waals surface area contributed by atoms with Crippen molar-refractivity contribution >= 4 is 10.1 Å². The molecule has 1 atom stereocenters. The molecule has 0 aliphatic carbocycles. The number of aromatic nitrogens is 3. The van der Waals surface area contributed by atoms with Gasteiger partial charge in [0.15, 0.2) is 5.44 Å². The fourth-order valence-corrected chi connectivity index (χ4v) is 1.19. The molecule has 2 N–H and O–H groups in total. The molecule has 1 rings (SSSR count). The van der Waals surface area contributed by atoms with Crippen molar-refractivity contribution in [1.82, 2.24) is 15.0 Å². The van der Waals surface area contributed by atoms with E-state index in [1.165, 1.54) is 0 Å². The van der Waals surface area contributed by atoms with E-state index in [1.807, 2.05) is 0 Å². The van der Waals surface area contributed by atoms with Gasteiger partial charge in [-0.1, -0.05) is 5.21 Å². The van der Waals surface area contributed by atoms with Gasteiger partial charge < -0.3 is 14.8 Å². The van der Waals surface area contributed by atoms with Crippen molar-refractivity contribution in [3.63, 3.8) is 0 Å². The maximum atomic E-state index is 10.4. The molecule has 0 amide bonds. The van der Waals surface area contributed by atoms with E-state index in [2.05, 4.69) is 10.3 Å². The Morgan fingerprint density at radius 1 is 1.60 bits per heavy atom. The smallest absolute Gasteiger partial charge is 0.746 e. The summed E-state index contributed by atoms with van der Waals surface area (Å²) in [7, 11) is -4.83. The van der Waals surface area contributed by atoms with E-state index in [-0.39, 0.29) is 48.4 Å². The molecule has 1 unspecified atom stereocenters. The minimum atomic E-state index is -4.83. The fourth-order valence-electron chi connectivity index (χ4n) is 0.786. The number of rotatable bonds is 4. The Labute approximate surface area is 108 Å². The molecule has 15 heavy (non-hydrogen) atoms. The zero-order valence-electron chi connectivity index (χ0n) is 7.94. The van der Waals surface area contributed by atoms with Gasteiger partial charge in [0, 0.05) is 0 Å². The van der Waals surface area contributed by atoms with Gasteiger partial charge in [0.2, 0.25) is 0 Å². The van der Waals surface area contributed by atoms with Gasteiger partial charge in [0.05, 0.1) is 19.3 Å². The second kappa shape index (κ2) is 5.89. The van der Waals surface area contributed by atoms with Gasteiger partial charge >= 0.3 is 29.6 Å². The molecule has 0 aliphatic rings. The van der Waals surface area contributed by atoms with Crippen LogP contribution in [0.4, 0.5) is 0 Å². The third kappa shape index (κ3) is 4.15. The topological polar surface area (TPSA) is 128 Å². The van der Waals surface area contributed by atoms with Crippen LogP contribution >= 0.6 is 0 Å². The van der Waals surface area contributed by atoms with Crippen molar-refractivity contribution < 1.29 is 52.7 Å². The van der Waals surface area contributed by atoms with Crippen LogP contribution < -0.4 is 29.6 Å². The van der Waals surface area contributed by atoms with Gasteiger partial charge in [-0.25, -0.2) is 13.1 Å². The van der Waals surface area contributed by atoms with Gasteiger partial charge in [-0.05, 0) is 0 Å². The molecule has 0 radical (unpaired) electrons. The summed E-state index contributed by atoms with van der Waals surface area (Å²) in [4.78, 5) is 0. The predicted molar refractivity (Wildman–Crippen MR) is 41.8 cm³/mol. The van der Waals surface area contributed by atoms with E-state index in [4.69, 9.17) is 10.2 Å². The first-order chi connectivity index (χ1) is 6.45. The van der Waals surface area contributed by atoms with Gasteiger partial charge in [0.25, 0.3) is 0 Å². The van der Waals surface area contributed by atoms with Crippen LogP contribution in [0.2, 0.25) is 0 Å². The molecule has 0 bridgehead atoms. The Balaban J connectivity index is 0.00000196. The molecule has 0 aromatic carbocycles. The minimum Gasteiger partial charge on any atom is -0.746 e. The van der Waals surface area contributed by atoms with Crippen LogP contribution in [-0.2, 0) is 16.7 Å². The first kappa shape index (κ1) is 15.0. The third-order valence-corrected chi connectivity index (χ3v) is 2.20. The van der Waals surface area contributed by atoms with Gasteiger partial charge in [-0.15, -0.1) is 5.10 Å². The summed E-state index contributed by atoms with van der Waals surface area (Å²) in [6, 6.07) is 0. The molecule has 1 aromatic heterocycles. The molecular weight excluding hydrogens is 237 g/mol. The standard InChI is InChI=1S/C5H9N3O5S.Na/c9-2-1-8-3-4(6-7-8)5(10)14(11,12)13;/h3,5,9-10H,1-2H2,(H,11,12,13);/q;+1/p-1. The maximum Gasteiger partial charge on any atom is 1.00 e. The second-order valence-electron chi connectivity index (χ2n) is 2.48. The summed E-state index contributed by atoms with van der Waals surface area (Å²) in [5.41, 5.74) is -2.57. The second-order valence-corrected chi connectivity index (χ2v) is 3.91. The van der Waals surface area contributed by atoms with Crippen LogP contribution in [0.15, 0.2) is 6.20 Å². The fraction of sp³-hybridized carbons (Fsp3) is 0.600. The number of aliphatic hydroxyl groups excluding tert-OH is 2. The number of nitrogens with zero attached hydrogens (tertiary/aromatic N) is 3. The van der Waals surface area contributed by atoms with Crippen molar-refractivity contribution in [2.75, 3.05) is 6.61 Å². The Hall–Kier alpha value is -0.0300. The normalized spacial score (nSPS) is 13.3. The summed E-state index contributed by atoms with van der Waals surface area (Å²) < 4.78 is 32.2. The summed E-state index contributed by atoms with van der Waals surface area (Å²) >= 11 is 0. The first-order valence-electron chi connectivity index (χ1n) is 3.59. The minimum absolute atomic E-state index is 0. The van der Waals surface area contributed by atoms with Crippen molar-refractivity contribution in [2.45, 2.75) is 12.0 Å². The molecule has 0 aliphatic heterocycles. The molecule has 1 aromatic rings. The summed E-state index contributed by atoms with van der Waals surface area (Å²) in [6.07, 6.45) is 1.08. The maximum absolute atomic E-state index is 10.4. The quantitative estimate of drug-likeness (QED) is 0.400. The van der Waals surface area contributed by atoms with Crippen molar-refractivity contribution in [3.8, 4) is 0 Å². The Kier molecular flexibility index (Phi) is 5.88. The van der Waals surface area contributed by atoms with Crippen LogP contribution in [0, 0.1) is 0 Å². The molecule has 0 saturated carbocycles. The zero-order chi connectivity index (χ0) is 10.8. The van der Waals surface area contributed by atoms with E-state index in [1.54, 1.807) is 0 Å². The summed E-state index contributed by atoms with van der Waals surface area (Å²) in [6.45, 7) is -0.0956. The van der Waals surface area contributed by atoms with Gasteiger partial charge in [-0.2, -0.15) is 0 Å². The molecule has 0 spiro atoms. The van der Waals surface area contributed by atoms with Crippen molar-refractivity contribution in [1.29, 1.82) is 0 Å². The number of hydrogen-bond donors (Lipinski definition) is 2. The zero-order valence-corrected chi connectivity index (χ0v) is 10.8. The largest absolute Gasteiger partial charge is 1.00 e. The van der Waals surface area contributed by atoms with E-state index < -0.39 is 15.6 Å². The van der Waals surface area contributed by atoms with Crippen molar-refractivity contribution in [3.05, 3.63) is 11.9 Å².